The normalized spacial score (nSPS) is 23.0. The lowest BCUT2D eigenvalue weighted by atomic mass is 9.90. The minimum Gasteiger partial charge on any atom is -0.481 e. The second-order valence-corrected chi connectivity index (χ2v) is 6.87. The highest BCUT2D eigenvalue weighted by molar-refractivity contribution is 5.86. The Morgan fingerprint density at radius 1 is 1.38 bits per heavy atom. The van der Waals surface area contributed by atoms with Gasteiger partial charge in [-0.15, -0.1) is 0 Å². The molecule has 0 radical (unpaired) electrons. The standard InChI is InChI=1S/C16H26N2O3/c1-10(2)12(11-3-4-11)5-6-16(7-8-16)18-15(21)13(17)9-14(19)20/h5-6,10-13H,3-4,7-9,17H2,1-2H3,(H,18,21)(H,19,20)/t12?,13-/m0/s1. The average Bonchev–Trinajstić information content (AvgIpc) is 3.25. The van der Waals surface area contributed by atoms with E-state index >= 15 is 0 Å². The molecule has 0 aromatic rings. The predicted octanol–water partition coefficient (Wildman–Crippen LogP) is 1.68. The van der Waals surface area contributed by atoms with Gasteiger partial charge in [-0.25, -0.2) is 0 Å². The predicted molar refractivity (Wildman–Crippen MR) is 80.5 cm³/mol. The Morgan fingerprint density at radius 2 is 2.00 bits per heavy atom. The van der Waals surface area contributed by atoms with E-state index in [9.17, 15) is 9.59 Å². The van der Waals surface area contributed by atoms with E-state index in [1.54, 1.807) is 0 Å². The number of carbonyl (C=O) groups excluding carboxylic acids is 1. The Kier molecular flexibility index (Phi) is 4.71. The molecule has 2 aliphatic carbocycles. The zero-order valence-electron chi connectivity index (χ0n) is 12.8. The summed E-state index contributed by atoms with van der Waals surface area (Å²) in [5, 5.41) is 11.6. The highest BCUT2D eigenvalue weighted by Crippen LogP contribution is 2.43. The second-order valence-electron chi connectivity index (χ2n) is 6.87. The van der Waals surface area contributed by atoms with Gasteiger partial charge in [0, 0.05) is 0 Å². The zero-order chi connectivity index (χ0) is 15.6. The highest BCUT2D eigenvalue weighted by Gasteiger charge is 2.43. The largest absolute Gasteiger partial charge is 0.481 e. The van der Waals surface area contributed by atoms with Crippen LogP contribution >= 0.6 is 0 Å². The van der Waals surface area contributed by atoms with Crippen LogP contribution in [-0.4, -0.2) is 28.6 Å². The van der Waals surface area contributed by atoms with Gasteiger partial charge in [0.1, 0.15) is 0 Å². The number of rotatable bonds is 8. The molecule has 1 amide bonds. The van der Waals surface area contributed by atoms with Gasteiger partial charge in [-0.2, -0.15) is 0 Å². The summed E-state index contributed by atoms with van der Waals surface area (Å²) >= 11 is 0. The van der Waals surface area contributed by atoms with Crippen LogP contribution in [0.3, 0.4) is 0 Å². The fourth-order valence-electron chi connectivity index (χ4n) is 2.79. The molecule has 0 saturated heterocycles. The van der Waals surface area contributed by atoms with Crippen molar-refractivity contribution in [3.8, 4) is 0 Å². The van der Waals surface area contributed by atoms with Crippen molar-refractivity contribution in [2.24, 2.45) is 23.5 Å². The summed E-state index contributed by atoms with van der Waals surface area (Å²) in [6, 6.07) is -0.974. The molecule has 0 aliphatic heterocycles. The monoisotopic (exact) mass is 294 g/mol. The van der Waals surface area contributed by atoms with Gasteiger partial charge in [-0.3, -0.25) is 9.59 Å². The van der Waals surface area contributed by atoms with Gasteiger partial charge in [0.05, 0.1) is 18.0 Å². The Morgan fingerprint density at radius 3 is 2.43 bits per heavy atom. The molecule has 1 unspecified atom stereocenters. The summed E-state index contributed by atoms with van der Waals surface area (Å²) in [5.74, 6) is 0.558. The van der Waals surface area contributed by atoms with E-state index in [0.717, 1.165) is 18.8 Å². The van der Waals surface area contributed by atoms with Crippen molar-refractivity contribution in [2.45, 2.75) is 57.5 Å². The molecule has 0 spiro atoms. The van der Waals surface area contributed by atoms with E-state index in [-0.39, 0.29) is 17.9 Å². The number of nitrogens with two attached hydrogens (primary N) is 1. The van der Waals surface area contributed by atoms with E-state index in [2.05, 4.69) is 31.3 Å². The van der Waals surface area contributed by atoms with Crippen LogP contribution in [0.4, 0.5) is 0 Å². The van der Waals surface area contributed by atoms with Crippen LogP contribution in [0.15, 0.2) is 12.2 Å². The highest BCUT2D eigenvalue weighted by atomic mass is 16.4. The number of aliphatic carboxylic acids is 1. The molecule has 0 aromatic carbocycles. The topological polar surface area (TPSA) is 92.4 Å². The van der Waals surface area contributed by atoms with Crippen molar-refractivity contribution in [1.29, 1.82) is 0 Å². The van der Waals surface area contributed by atoms with Crippen molar-refractivity contribution < 1.29 is 14.7 Å². The molecule has 2 aliphatic rings. The third kappa shape index (κ3) is 4.56. The maximum atomic E-state index is 11.9. The fraction of sp³-hybridized carbons (Fsp3) is 0.750. The number of hydrogen-bond donors (Lipinski definition) is 3. The van der Waals surface area contributed by atoms with Crippen LogP contribution in [0, 0.1) is 17.8 Å². The van der Waals surface area contributed by atoms with E-state index in [4.69, 9.17) is 10.8 Å². The smallest absolute Gasteiger partial charge is 0.305 e. The molecule has 0 heterocycles. The van der Waals surface area contributed by atoms with E-state index in [1.165, 1.54) is 12.8 Å². The molecule has 5 heteroatoms. The molecule has 4 N–H and O–H groups in total. The number of hydrogen-bond acceptors (Lipinski definition) is 3. The second kappa shape index (κ2) is 6.18. The number of carbonyl (C=O) groups is 2. The minimum absolute atomic E-state index is 0.283. The number of nitrogens with one attached hydrogen (secondary N) is 1. The molecule has 0 aromatic heterocycles. The maximum Gasteiger partial charge on any atom is 0.305 e. The van der Waals surface area contributed by atoms with Crippen molar-refractivity contribution in [2.75, 3.05) is 0 Å². The van der Waals surface area contributed by atoms with Crippen LogP contribution in [0.2, 0.25) is 0 Å². The Hall–Kier alpha value is -1.36. The van der Waals surface area contributed by atoms with Crippen molar-refractivity contribution in [3.05, 3.63) is 12.2 Å². The van der Waals surface area contributed by atoms with Crippen molar-refractivity contribution >= 4 is 11.9 Å². The minimum atomic E-state index is -1.05. The number of allylic oxidation sites excluding steroid dienone is 1. The Balaban J connectivity index is 1.90. The molecule has 118 valence electrons. The Labute approximate surface area is 126 Å². The molecule has 2 rings (SSSR count). The first-order valence-corrected chi connectivity index (χ1v) is 7.82. The van der Waals surface area contributed by atoms with Crippen LogP contribution in [0.5, 0.6) is 0 Å². The molecule has 2 saturated carbocycles. The third-order valence-electron chi connectivity index (χ3n) is 4.47. The molecule has 21 heavy (non-hydrogen) atoms. The van der Waals surface area contributed by atoms with Crippen molar-refractivity contribution in [3.63, 3.8) is 0 Å². The van der Waals surface area contributed by atoms with Gasteiger partial charge >= 0.3 is 5.97 Å². The lowest BCUT2D eigenvalue weighted by Crippen LogP contribution is -2.46. The Bertz CT molecular complexity index is 435. The molecule has 2 fully saturated rings. The summed E-state index contributed by atoms with van der Waals surface area (Å²) in [6.07, 6.45) is 8.45. The SMILES string of the molecule is CC(C)C(C=CC1(NC(=O)[C@@H](N)CC(=O)O)CC1)C1CC1. The molecule has 0 bridgehead atoms. The van der Waals surface area contributed by atoms with Gasteiger partial charge in [0.25, 0.3) is 0 Å². The summed E-state index contributed by atoms with van der Waals surface area (Å²) in [6.45, 7) is 4.46. The first-order valence-electron chi connectivity index (χ1n) is 7.82. The van der Waals surface area contributed by atoms with E-state index < -0.39 is 12.0 Å². The van der Waals surface area contributed by atoms with E-state index in [1.807, 2.05) is 0 Å². The third-order valence-corrected chi connectivity index (χ3v) is 4.47. The quantitative estimate of drug-likeness (QED) is 0.594. The van der Waals surface area contributed by atoms with Gasteiger partial charge in [-0.1, -0.05) is 26.0 Å². The molecule has 5 nitrogen and oxygen atoms in total. The average molecular weight is 294 g/mol. The van der Waals surface area contributed by atoms with Crippen LogP contribution in [0.1, 0.15) is 46.0 Å². The van der Waals surface area contributed by atoms with Crippen molar-refractivity contribution in [1.82, 2.24) is 5.32 Å². The molecule has 2 atom stereocenters. The van der Waals surface area contributed by atoms with Gasteiger partial charge in [0.15, 0.2) is 0 Å². The first kappa shape index (κ1) is 16.0. The van der Waals surface area contributed by atoms with E-state index in [0.29, 0.717) is 11.8 Å². The van der Waals surface area contributed by atoms with Gasteiger partial charge < -0.3 is 16.2 Å². The zero-order valence-corrected chi connectivity index (χ0v) is 12.8. The van der Waals surface area contributed by atoms with Gasteiger partial charge in [0.2, 0.25) is 5.91 Å². The molecular formula is C16H26N2O3. The van der Waals surface area contributed by atoms with Crippen LogP contribution < -0.4 is 11.1 Å². The number of amides is 1. The number of carboxylic acids is 1. The summed E-state index contributed by atoms with van der Waals surface area (Å²) in [5.41, 5.74) is 5.32. The van der Waals surface area contributed by atoms with Gasteiger partial charge in [-0.05, 0) is 43.4 Å². The summed E-state index contributed by atoms with van der Waals surface area (Å²) in [7, 11) is 0. The fourth-order valence-corrected chi connectivity index (χ4v) is 2.79. The molecular weight excluding hydrogens is 268 g/mol. The maximum absolute atomic E-state index is 11.9. The lowest BCUT2D eigenvalue weighted by molar-refractivity contribution is -0.139. The van der Waals surface area contributed by atoms with Crippen LogP contribution in [0.25, 0.3) is 0 Å². The van der Waals surface area contributed by atoms with Crippen LogP contribution in [-0.2, 0) is 9.59 Å². The summed E-state index contributed by atoms with van der Waals surface area (Å²) in [4.78, 5) is 22.5. The summed E-state index contributed by atoms with van der Waals surface area (Å²) < 4.78 is 0. The number of carboxylic acid groups (broad SMARTS) is 1. The lowest BCUT2D eigenvalue weighted by Gasteiger charge is -2.20. The first-order chi connectivity index (χ1) is 9.83.